The van der Waals surface area contributed by atoms with Crippen molar-refractivity contribution in [3.8, 4) is 11.5 Å². The van der Waals surface area contributed by atoms with E-state index in [-0.39, 0.29) is 44.0 Å². The lowest BCUT2D eigenvalue weighted by atomic mass is 10.2. The maximum Gasteiger partial charge on any atom is 0.305 e. The quantitative estimate of drug-likeness (QED) is 0.129. The van der Waals surface area contributed by atoms with Gasteiger partial charge >= 0.3 is 11.9 Å². The van der Waals surface area contributed by atoms with Crippen molar-refractivity contribution in [3.63, 3.8) is 0 Å². The van der Waals surface area contributed by atoms with Crippen molar-refractivity contribution in [2.24, 2.45) is 0 Å². The molecule has 0 bridgehead atoms. The fourth-order valence-electron chi connectivity index (χ4n) is 3.91. The number of H-pyrrole nitrogens is 2. The van der Waals surface area contributed by atoms with Crippen LogP contribution in [-0.2, 0) is 31.9 Å². The molecule has 0 aliphatic carbocycles. The number of hydrogen-bond acceptors (Lipinski definition) is 6. The van der Waals surface area contributed by atoms with Crippen LogP contribution in [0, 0.1) is 0 Å². The molecule has 0 unspecified atom stereocenters. The second-order valence-electron chi connectivity index (χ2n) is 11.3. The number of carbonyl (C=O) groups is 2. The number of aromatic nitrogens is 2. The van der Waals surface area contributed by atoms with E-state index in [0.29, 0.717) is 29.3 Å². The summed E-state index contributed by atoms with van der Waals surface area (Å²) < 4.78 is 15.6. The van der Waals surface area contributed by atoms with Gasteiger partial charge in [-0.1, -0.05) is 58.8 Å². The Morgan fingerprint density at radius 3 is 1.70 bits per heavy atom. The molecule has 0 fully saturated rings. The third kappa shape index (κ3) is 9.42. The average molecular weight is 654 g/mol. The minimum atomic E-state index is -1.89. The first-order chi connectivity index (χ1) is 19.2. The second kappa shape index (κ2) is 15.5. The fourth-order valence-corrected chi connectivity index (χ4v) is 5.53. The summed E-state index contributed by atoms with van der Waals surface area (Å²) in [7, 11) is 0.850. The van der Waals surface area contributed by atoms with Crippen LogP contribution in [0.3, 0.4) is 0 Å². The lowest BCUT2D eigenvalue weighted by molar-refractivity contribution is -0.141. The van der Waals surface area contributed by atoms with E-state index in [9.17, 15) is 14.7 Å². The molecule has 4 rings (SSSR count). The highest BCUT2D eigenvalue weighted by molar-refractivity contribution is 6.74. The van der Waals surface area contributed by atoms with E-state index in [2.05, 4.69) is 53.3 Å². The van der Waals surface area contributed by atoms with Crippen LogP contribution in [0.4, 0.5) is 0 Å². The zero-order valence-corrected chi connectivity index (χ0v) is 27.0. The highest BCUT2D eigenvalue weighted by Gasteiger charge is 2.39. The Kier molecular flexibility index (Phi) is 13.7. The van der Waals surface area contributed by atoms with E-state index in [4.69, 9.17) is 27.6 Å². The van der Waals surface area contributed by atoms with E-state index in [1.54, 1.807) is 18.2 Å². The lowest BCUT2D eigenvalue weighted by Gasteiger charge is -2.36. The SMILES string of the molecule is C.C.COC(=O)CCc1[nH]c2ccc(O)cc2c1Cl.COC(=O)CCc1[nH]c2ccc(O[Si](C)(C)C(C)(C)C)cc2c1Cl. The average Bonchev–Trinajstić information content (AvgIpc) is 3.40. The van der Waals surface area contributed by atoms with Crippen molar-refractivity contribution in [1.82, 2.24) is 9.97 Å². The van der Waals surface area contributed by atoms with Gasteiger partial charge in [0, 0.05) is 33.2 Å². The van der Waals surface area contributed by atoms with Crippen LogP contribution >= 0.6 is 23.2 Å². The summed E-state index contributed by atoms with van der Waals surface area (Å²) in [5.74, 6) is 0.488. The molecule has 8 nitrogen and oxygen atoms in total. The smallest absolute Gasteiger partial charge is 0.305 e. The number of aromatic amines is 2. The molecule has 0 aliphatic heterocycles. The van der Waals surface area contributed by atoms with Crippen molar-refractivity contribution >= 4 is 65.3 Å². The molecule has 238 valence electrons. The Bertz CT molecular complexity index is 1540. The van der Waals surface area contributed by atoms with Crippen LogP contribution in [0.15, 0.2) is 36.4 Å². The maximum absolute atomic E-state index is 11.3. The fraction of sp³-hybridized carbons (Fsp3) is 0.438. The number of fused-ring (bicyclic) bond motifs is 2. The first-order valence-electron chi connectivity index (χ1n) is 13.3. The Morgan fingerprint density at radius 2 is 1.26 bits per heavy atom. The van der Waals surface area contributed by atoms with E-state index < -0.39 is 8.32 Å². The Labute approximate surface area is 266 Å². The highest BCUT2D eigenvalue weighted by atomic mass is 35.5. The first kappa shape index (κ1) is 37.9. The number of aromatic hydroxyl groups is 1. The van der Waals surface area contributed by atoms with Crippen molar-refractivity contribution in [1.29, 1.82) is 0 Å². The number of phenolic OH excluding ortho intramolecular Hbond substituents is 1. The molecule has 4 aromatic rings. The predicted molar refractivity (Wildman–Crippen MR) is 180 cm³/mol. The number of carbonyl (C=O) groups excluding carboxylic acids is 2. The zero-order chi connectivity index (χ0) is 30.5. The Morgan fingerprint density at radius 1 is 0.814 bits per heavy atom. The normalized spacial score (nSPS) is 11.2. The number of phenols is 1. The summed E-state index contributed by atoms with van der Waals surface area (Å²) in [5.41, 5.74) is 3.41. The first-order valence-corrected chi connectivity index (χ1v) is 16.9. The molecule has 2 aromatic heterocycles. The summed E-state index contributed by atoms with van der Waals surface area (Å²) in [6, 6.07) is 10.9. The van der Waals surface area contributed by atoms with Crippen molar-refractivity contribution in [3.05, 3.63) is 57.8 Å². The minimum absolute atomic E-state index is 0. The minimum Gasteiger partial charge on any atom is -0.543 e. The molecule has 0 atom stereocenters. The summed E-state index contributed by atoms with van der Waals surface area (Å²) >= 11 is 12.7. The van der Waals surface area contributed by atoms with Crippen LogP contribution in [0.5, 0.6) is 11.5 Å². The molecule has 0 saturated carbocycles. The van der Waals surface area contributed by atoms with E-state index in [0.717, 1.165) is 38.9 Å². The molecule has 43 heavy (non-hydrogen) atoms. The summed E-state index contributed by atoms with van der Waals surface area (Å²) in [4.78, 5) is 28.8. The molecule has 0 radical (unpaired) electrons. The van der Waals surface area contributed by atoms with E-state index in [1.807, 2.05) is 18.2 Å². The molecule has 2 heterocycles. The molecular formula is C32H46Cl2N2O6Si. The van der Waals surface area contributed by atoms with Crippen molar-refractivity contribution in [2.75, 3.05) is 14.2 Å². The van der Waals surface area contributed by atoms with Gasteiger partial charge in [-0.2, -0.15) is 0 Å². The number of esters is 2. The number of halogens is 2. The van der Waals surface area contributed by atoms with Gasteiger partial charge in [0.1, 0.15) is 11.5 Å². The van der Waals surface area contributed by atoms with Gasteiger partial charge in [-0.25, -0.2) is 0 Å². The topological polar surface area (TPSA) is 114 Å². The van der Waals surface area contributed by atoms with Gasteiger partial charge in [0.05, 0.1) is 37.1 Å². The number of rotatable bonds is 8. The van der Waals surface area contributed by atoms with Crippen LogP contribution in [0.1, 0.15) is 59.9 Å². The third-order valence-electron chi connectivity index (χ3n) is 7.36. The number of nitrogens with one attached hydrogen (secondary N) is 2. The number of aryl methyl sites for hydroxylation is 2. The zero-order valence-electron chi connectivity index (χ0n) is 24.5. The van der Waals surface area contributed by atoms with Gasteiger partial charge in [0.25, 0.3) is 0 Å². The monoisotopic (exact) mass is 652 g/mol. The van der Waals surface area contributed by atoms with E-state index >= 15 is 0 Å². The van der Waals surface area contributed by atoms with Gasteiger partial charge in [-0.15, -0.1) is 0 Å². The third-order valence-corrected chi connectivity index (χ3v) is 12.6. The van der Waals surface area contributed by atoms with Crippen LogP contribution < -0.4 is 4.43 Å². The molecule has 2 aromatic carbocycles. The van der Waals surface area contributed by atoms with Gasteiger partial charge in [-0.05, 0) is 67.4 Å². The Hall–Kier alpha value is -3.14. The van der Waals surface area contributed by atoms with Crippen LogP contribution in [0.25, 0.3) is 21.8 Å². The van der Waals surface area contributed by atoms with Crippen LogP contribution in [0.2, 0.25) is 28.2 Å². The molecule has 0 amide bonds. The molecule has 0 spiro atoms. The number of hydrogen-bond donors (Lipinski definition) is 3. The maximum atomic E-state index is 11.3. The standard InChI is InChI=1S/C18H26ClNO3Si.C12H12ClNO3.2CH4/c1-18(2,3)24(5,6)23-12-7-8-14-13(11-12)17(19)15(20-14)9-10-16(21)22-4;1-17-11(16)5-4-10-12(13)8-6-7(15)2-3-9(8)14-10;;/h7-8,11,20H,9-10H2,1-6H3;2-3,6,14-15H,4-5H2,1H3;2*1H4. The van der Waals surface area contributed by atoms with Crippen molar-refractivity contribution < 1.29 is 28.6 Å². The Balaban J connectivity index is 0.000000432. The molecule has 11 heteroatoms. The highest BCUT2D eigenvalue weighted by Crippen LogP contribution is 2.39. The summed E-state index contributed by atoms with van der Waals surface area (Å²) in [5, 5.41) is 12.4. The van der Waals surface area contributed by atoms with Gasteiger partial charge in [0.15, 0.2) is 0 Å². The number of methoxy groups -OCH3 is 2. The van der Waals surface area contributed by atoms with Gasteiger partial charge in [-0.3, -0.25) is 9.59 Å². The summed E-state index contributed by atoms with van der Waals surface area (Å²) in [6.45, 7) is 11.1. The van der Waals surface area contributed by atoms with Crippen LogP contribution in [-0.4, -0.2) is 49.6 Å². The van der Waals surface area contributed by atoms with E-state index in [1.165, 1.54) is 14.2 Å². The van der Waals surface area contributed by atoms with Crippen molar-refractivity contribution in [2.45, 2.75) is 79.4 Å². The molecule has 0 aliphatic rings. The largest absolute Gasteiger partial charge is 0.543 e. The molecule has 0 saturated heterocycles. The second-order valence-corrected chi connectivity index (χ2v) is 16.8. The molecular weight excluding hydrogens is 607 g/mol. The predicted octanol–water partition coefficient (Wildman–Crippen LogP) is 9.22. The van der Waals surface area contributed by atoms with Gasteiger partial charge in [0.2, 0.25) is 8.32 Å². The number of benzene rings is 2. The van der Waals surface area contributed by atoms with Gasteiger partial charge < -0.3 is 29.0 Å². The molecule has 3 N–H and O–H groups in total. The lowest BCUT2D eigenvalue weighted by Crippen LogP contribution is -2.43. The number of ether oxygens (including phenoxy) is 2. The summed E-state index contributed by atoms with van der Waals surface area (Å²) in [6.07, 6.45) is 1.59.